The quantitative estimate of drug-likeness (QED) is 0.0311. The van der Waals surface area contributed by atoms with Crippen LogP contribution in [0.5, 0.6) is 0 Å². The number of sulfone groups is 2. The molecule has 0 spiro atoms. The molecular formula is C103H142F8N10O18S7. The topological polar surface area (TPSA) is 375 Å². The number of piperidine rings is 5. The van der Waals surface area contributed by atoms with E-state index in [1.54, 1.807) is 84.2 Å². The molecule has 18 atom stereocenters. The van der Waals surface area contributed by atoms with Crippen LogP contribution in [0.15, 0.2) is 196 Å². The summed E-state index contributed by atoms with van der Waals surface area (Å²) in [7, 11) is -17.0. The highest BCUT2D eigenvalue weighted by Gasteiger charge is 2.69. The van der Waals surface area contributed by atoms with Crippen molar-refractivity contribution in [1.29, 1.82) is 0 Å². The van der Waals surface area contributed by atoms with Gasteiger partial charge in [0.2, 0.25) is 19.7 Å². The van der Waals surface area contributed by atoms with Crippen LogP contribution < -0.4 is 24.6 Å². The highest BCUT2D eigenvalue weighted by atomic mass is 32.2. The number of nitrogens with zero attached hydrogens (tertiary/aromatic N) is 5. The Balaban J connectivity index is 0.000000182. The Labute approximate surface area is 866 Å². The van der Waals surface area contributed by atoms with Gasteiger partial charge >= 0.3 is 35.4 Å². The molecular weight excluding hydrogens is 2040 g/mol. The Morgan fingerprint density at radius 1 is 0.390 bits per heavy atom. The summed E-state index contributed by atoms with van der Waals surface area (Å²) in [6.07, 6.45) is 3.59. The Kier molecular flexibility index (Phi) is 41.5. The van der Waals surface area contributed by atoms with Crippen molar-refractivity contribution in [3.05, 3.63) is 204 Å². The summed E-state index contributed by atoms with van der Waals surface area (Å²) in [5, 5.41) is 4.08. The summed E-state index contributed by atoms with van der Waals surface area (Å²) in [6.45, 7) is 27.6. The lowest BCUT2D eigenvalue weighted by Gasteiger charge is -2.49. The maximum Gasteiger partial charge on any atom is 0.410 e. The molecule has 0 radical (unpaired) electrons. The highest BCUT2D eigenvalue weighted by molar-refractivity contribution is 7.92. The van der Waals surface area contributed by atoms with Gasteiger partial charge in [0.15, 0.2) is 0 Å². The molecule has 6 N–H and O–H groups in total. The molecule has 6 aromatic carbocycles. The molecule has 10 aliphatic heterocycles. The molecule has 16 rings (SSSR count). The van der Waals surface area contributed by atoms with E-state index in [4.69, 9.17) is 24.1 Å². The lowest BCUT2D eigenvalue weighted by atomic mass is 9.84. The zero-order valence-corrected chi connectivity index (χ0v) is 91.1. The van der Waals surface area contributed by atoms with Gasteiger partial charge in [0.25, 0.3) is 12.9 Å². The lowest BCUT2D eigenvalue weighted by molar-refractivity contribution is -0.123. The Morgan fingerprint density at radius 3 is 0.945 bits per heavy atom. The third kappa shape index (κ3) is 31.4. The number of nitrogens with one attached hydrogen (secondary N) is 4. The summed E-state index contributed by atoms with van der Waals surface area (Å²) in [6, 6.07) is 49.6. The number of hydrogen-bond acceptors (Lipinski definition) is 19. The average Bonchev–Trinajstić information content (AvgIpc) is 1.37. The van der Waals surface area contributed by atoms with Gasteiger partial charge in [0, 0.05) is 91.8 Å². The van der Waals surface area contributed by atoms with Crippen molar-refractivity contribution in [2.24, 2.45) is 9.54 Å². The van der Waals surface area contributed by atoms with Crippen LogP contribution in [0, 0.1) is 0 Å². The number of fused-ring (bicyclic) bond motifs is 10. The van der Waals surface area contributed by atoms with E-state index < -0.39 is 158 Å². The van der Waals surface area contributed by atoms with E-state index in [0.717, 1.165) is 90.8 Å². The Hall–Kier alpha value is -8.37. The summed E-state index contributed by atoms with van der Waals surface area (Å²) >= 11 is 0. The van der Waals surface area contributed by atoms with Crippen LogP contribution in [0.25, 0.3) is 0 Å². The molecule has 10 bridgehead atoms. The van der Waals surface area contributed by atoms with E-state index >= 15 is 8.78 Å². The standard InChI is InChI=1S/C26H32F2N2O5S2.C20H28F2N2O3S.C19H26N2O3S.C15H17NO3.C12H22F2N2OS.C7H6F2O2S.C4H11NOS/c1-24(2,3)36(32)29-25(26(27,28)37(33,34)22-12-8-5-9-13-22)16-20-14-15-21(17-25)30(20)23(31)35-18-19-10-6-4-7-11-19;1-19(2,3)28(26)23-20(17(21)22)11-15-9-10-16(12-20)24(15)18(25)27-13-14-7-5-4-6-8-14;1-19(2,3)25(23)20-15-11-16-9-10-17(12-15)21(16)18(22)24-13-14-7-5-4-6-8-14;17-14-8-12-6-7-13(9-14)16(12)15(18)19-10-11-4-2-1-3-5-11;1-11(2,3)18(17)16-12(10(13)14)6-8-4-5-9(7-12)15-8;8-7(9)12(10,11)6-4-2-1-3-5-6;1-4(2,3)7(5)6/h4-13,20-21,29H,14-18H2,1-3H3;4-8,15-17,23H,9-13H2,1-3H3;4-8,16-17H,9-13H2,1-3H3;1-5,12-13H,6-10H2;8-10,15-16H,4-7H2,1-3H3;1-5,7H;5H2,1-3H3/t20-,21+,25?,36?;15-,16+,20?,28?;16-,17+,25?;12-,13+;8-,9+,12?,18?;;. The summed E-state index contributed by atoms with van der Waals surface area (Å²) in [5.74, 6) is -3.07. The smallest absolute Gasteiger partial charge is 0.410 e. The maximum atomic E-state index is 16.3. The summed E-state index contributed by atoms with van der Waals surface area (Å²) in [4.78, 5) is 67.7. The van der Waals surface area contributed by atoms with Crippen molar-refractivity contribution in [1.82, 2.24) is 39.1 Å². The first-order valence-corrected chi connectivity index (χ1v) is 57.8. The van der Waals surface area contributed by atoms with Gasteiger partial charge in [-0.15, -0.1) is 0 Å². The third-order valence-corrected chi connectivity index (χ3v) is 38.0. The number of hydrogen-bond donors (Lipinski definition) is 5. The molecule has 10 heterocycles. The van der Waals surface area contributed by atoms with E-state index in [-0.39, 0.29) is 120 Å². The molecule has 6 aromatic rings. The van der Waals surface area contributed by atoms with Crippen LogP contribution in [0.4, 0.5) is 54.3 Å². The number of benzene rings is 6. The number of Topliss-reactive ketones (excluding diaryl/α,β-unsaturated/α-hetero) is 1. The van der Waals surface area contributed by atoms with Crippen LogP contribution in [0.3, 0.4) is 0 Å². The van der Waals surface area contributed by atoms with Crippen molar-refractivity contribution >= 4 is 110 Å². The van der Waals surface area contributed by atoms with E-state index in [2.05, 4.69) is 23.9 Å². The van der Waals surface area contributed by atoms with Crippen molar-refractivity contribution in [3.8, 4) is 0 Å². The van der Waals surface area contributed by atoms with Gasteiger partial charge in [0.1, 0.15) is 48.7 Å². The molecule has 10 aliphatic rings. The number of carbonyl (C=O) groups is 5. The number of alkyl halides is 8. The van der Waals surface area contributed by atoms with Crippen LogP contribution in [0.2, 0.25) is 0 Å². The molecule has 28 nitrogen and oxygen atoms in total. The molecule has 43 heteroatoms. The molecule has 0 saturated carbocycles. The van der Waals surface area contributed by atoms with Crippen molar-refractivity contribution in [3.63, 3.8) is 0 Å². The molecule has 10 saturated heterocycles. The molecule has 146 heavy (non-hydrogen) atoms. The second-order valence-corrected chi connectivity index (χ2v) is 56.9. The van der Waals surface area contributed by atoms with Gasteiger partial charge in [-0.05, 0) is 253 Å². The molecule has 810 valence electrons. The first kappa shape index (κ1) is 119. The van der Waals surface area contributed by atoms with Crippen LogP contribution in [-0.2, 0) is 125 Å². The van der Waals surface area contributed by atoms with Crippen molar-refractivity contribution in [2.45, 2.75) is 393 Å². The zero-order chi connectivity index (χ0) is 108. The fourth-order valence-electron chi connectivity index (χ4n) is 19.1. The number of ether oxygens (including phenoxy) is 4. The van der Waals surface area contributed by atoms with Crippen LogP contribution in [-0.4, -0.2) is 218 Å². The first-order chi connectivity index (χ1) is 68.2. The van der Waals surface area contributed by atoms with Gasteiger partial charge in [-0.3, -0.25) is 9.93 Å². The van der Waals surface area contributed by atoms with Gasteiger partial charge in [0.05, 0.1) is 88.5 Å². The van der Waals surface area contributed by atoms with Crippen molar-refractivity contribution < 1.29 is 116 Å². The minimum Gasteiger partial charge on any atom is -0.445 e. The van der Waals surface area contributed by atoms with E-state index in [1.807, 2.05) is 168 Å². The van der Waals surface area contributed by atoms with Gasteiger partial charge < -0.3 is 43.9 Å². The maximum absolute atomic E-state index is 16.3. The predicted octanol–water partition coefficient (Wildman–Crippen LogP) is 19.2. The molecule has 10 fully saturated rings. The number of rotatable bonds is 22. The SMILES string of the molecule is CC(C)(C)S(=O)N=C1C[C@H]2CC[C@@H](C1)N2C(=O)OCc1ccccc1.CC(C)(C)S(=O)NC1(C(F)(F)S(=O)(=O)c2ccccc2)C[C@H]2CC[C@@H](C1)N2C(=O)OCc1ccccc1.CC(C)(C)S(=O)NC1(C(F)F)C[C@H]2CC[C@@H](C1)N2.CC(C)(C)S(=O)NC1(C(F)F)C[C@H]2CC[C@@H](C1)N2C(=O)OCc1ccccc1.CC(C)(C)S(N)=O.O=C1C[C@H]2CC[C@@H](C1)N2C(=O)OCc1ccccc1.O=S(=O)(c1ccccc1)C(F)F. The van der Waals surface area contributed by atoms with Crippen molar-refractivity contribution in [2.75, 3.05) is 0 Å². The lowest BCUT2D eigenvalue weighted by Crippen LogP contribution is -2.69. The Bertz CT molecular complexity index is 5670. The number of amides is 4. The normalized spacial score (nSPS) is 26.0. The highest BCUT2D eigenvalue weighted by Crippen LogP contribution is 2.53. The summed E-state index contributed by atoms with van der Waals surface area (Å²) in [5.41, 5.74) is -0.550. The zero-order valence-electron chi connectivity index (χ0n) is 85.3. The van der Waals surface area contributed by atoms with Gasteiger partial charge in [-0.25, -0.2) is 88.8 Å². The van der Waals surface area contributed by atoms with E-state index in [1.165, 1.54) is 29.2 Å². The van der Waals surface area contributed by atoms with E-state index in [0.29, 0.717) is 77.4 Å². The fourth-order valence-corrected chi connectivity index (χ4v) is 24.9. The monoisotopic (exact) mass is 2180 g/mol. The Morgan fingerprint density at radius 2 is 0.658 bits per heavy atom. The number of halogens is 8. The molecule has 4 amide bonds. The summed E-state index contributed by atoms with van der Waals surface area (Å²) < 4.78 is 252. The third-order valence-electron chi connectivity index (χ3n) is 26.9. The second-order valence-electron chi connectivity index (χ2n) is 43.4. The fraction of sp³-hybridized carbons (Fsp3) is 0.592. The van der Waals surface area contributed by atoms with Gasteiger partial charge in [-0.1, -0.05) is 158 Å². The minimum absolute atomic E-state index is 0.0333. The predicted molar refractivity (Wildman–Crippen MR) is 551 cm³/mol. The average molecular weight is 2180 g/mol. The number of carbonyl (C=O) groups excluding carboxylic acids is 5. The van der Waals surface area contributed by atoms with Crippen LogP contribution >= 0.6 is 0 Å². The molecule has 8 unspecified atom stereocenters. The largest absolute Gasteiger partial charge is 0.445 e. The van der Waals surface area contributed by atoms with Gasteiger partial charge in [-0.2, -0.15) is 22.0 Å². The second kappa shape index (κ2) is 50.7. The van der Waals surface area contributed by atoms with Crippen LogP contribution in [0.1, 0.15) is 255 Å². The first-order valence-electron chi connectivity index (χ1n) is 49.0. The molecule has 0 aliphatic carbocycles. The minimum atomic E-state index is -5.16. The number of ketones is 1. The number of nitrogens with two attached hydrogens (primary N) is 1. The van der Waals surface area contributed by atoms with E-state index in [9.17, 15) is 88.2 Å². The molecule has 0 aromatic heterocycles.